The summed E-state index contributed by atoms with van der Waals surface area (Å²) in [5.41, 5.74) is 8.99. The Balaban J connectivity index is 1.40. The molecule has 3 heterocycles. The highest BCUT2D eigenvalue weighted by molar-refractivity contribution is 7.46. The first-order chi connectivity index (χ1) is 16.8. The number of halogens is 1. The van der Waals surface area contributed by atoms with Gasteiger partial charge in [0.2, 0.25) is 12.6 Å². The molecule has 0 fully saturated rings. The highest BCUT2D eigenvalue weighted by Gasteiger charge is 2.20. The molecule has 182 valence electrons. The van der Waals surface area contributed by atoms with Crippen molar-refractivity contribution >= 4 is 13.6 Å². The van der Waals surface area contributed by atoms with Gasteiger partial charge in [0.25, 0.3) is 5.82 Å². The molecule has 0 aliphatic carbocycles. The van der Waals surface area contributed by atoms with E-state index in [4.69, 9.17) is 24.8 Å². The van der Waals surface area contributed by atoms with Gasteiger partial charge in [-0.25, -0.2) is 23.0 Å². The van der Waals surface area contributed by atoms with Crippen LogP contribution in [0.2, 0.25) is 0 Å². The average molecular weight is 501 g/mol. The van der Waals surface area contributed by atoms with Crippen LogP contribution in [0.1, 0.15) is 16.8 Å². The van der Waals surface area contributed by atoms with E-state index in [9.17, 15) is 8.96 Å². The predicted molar refractivity (Wildman–Crippen MR) is 122 cm³/mol. The number of phosphoric ester groups is 1. The molecule has 0 saturated heterocycles. The van der Waals surface area contributed by atoms with Crippen LogP contribution in [-0.2, 0) is 28.7 Å². The van der Waals surface area contributed by atoms with Crippen molar-refractivity contribution in [3.05, 3.63) is 89.6 Å². The standard InChI is InChI=1S/C23H22FN4O6P/c24-18-4-1-3-16(11-18)7-10-32-22-13-17(6-8-26-22)12-19-14-21(34-27-19)20-5-2-9-28(23(20)25)15-33-35(29,30)31/h1-6,8-9,11,13-14,25H,7,10,12,15H2,(H2,29,30,31)/p+1. The van der Waals surface area contributed by atoms with E-state index in [2.05, 4.69) is 14.7 Å². The molecule has 35 heavy (non-hydrogen) atoms. The maximum atomic E-state index is 13.3. The van der Waals surface area contributed by atoms with Gasteiger partial charge >= 0.3 is 7.82 Å². The third-order valence-electron chi connectivity index (χ3n) is 5.02. The van der Waals surface area contributed by atoms with Crippen molar-refractivity contribution in [1.29, 1.82) is 0 Å². The average Bonchev–Trinajstić information content (AvgIpc) is 3.26. The van der Waals surface area contributed by atoms with Gasteiger partial charge in [-0.05, 0) is 41.5 Å². The van der Waals surface area contributed by atoms with Crippen LogP contribution in [-0.4, -0.2) is 26.5 Å². The number of hydrogen-bond acceptors (Lipinski definition) is 7. The van der Waals surface area contributed by atoms with Gasteiger partial charge in [-0.2, -0.15) is 0 Å². The van der Waals surface area contributed by atoms with Crippen molar-refractivity contribution < 1.29 is 37.1 Å². The third kappa shape index (κ3) is 6.93. The zero-order valence-corrected chi connectivity index (χ0v) is 19.3. The van der Waals surface area contributed by atoms with Crippen LogP contribution in [0.4, 0.5) is 10.2 Å². The largest absolute Gasteiger partial charge is 0.477 e. The quantitative estimate of drug-likeness (QED) is 0.221. The molecule has 0 aliphatic rings. The van der Waals surface area contributed by atoms with Crippen LogP contribution in [0.25, 0.3) is 11.3 Å². The van der Waals surface area contributed by atoms with E-state index in [1.165, 1.54) is 22.9 Å². The normalized spacial score (nSPS) is 11.5. The van der Waals surface area contributed by atoms with Crippen LogP contribution >= 0.6 is 7.82 Å². The molecule has 4 N–H and O–H groups in total. The molecule has 0 atom stereocenters. The van der Waals surface area contributed by atoms with Gasteiger partial charge < -0.3 is 19.0 Å². The Bertz CT molecular complexity index is 1360. The molecule has 3 aromatic heterocycles. The van der Waals surface area contributed by atoms with E-state index < -0.39 is 14.6 Å². The van der Waals surface area contributed by atoms with Crippen LogP contribution in [0.15, 0.2) is 71.5 Å². The summed E-state index contributed by atoms with van der Waals surface area (Å²) >= 11 is 0. The molecule has 0 bridgehead atoms. The van der Waals surface area contributed by atoms with Gasteiger partial charge in [-0.3, -0.25) is 5.73 Å². The van der Waals surface area contributed by atoms with Crippen LogP contribution in [0.5, 0.6) is 5.88 Å². The number of nitrogen functional groups attached to an aromatic ring is 1. The van der Waals surface area contributed by atoms with Crippen molar-refractivity contribution in [1.82, 2.24) is 10.1 Å². The Morgan fingerprint density at radius 2 is 1.97 bits per heavy atom. The number of ether oxygens (including phenoxy) is 1. The zero-order chi connectivity index (χ0) is 24.8. The summed E-state index contributed by atoms with van der Waals surface area (Å²) in [6.45, 7) is -0.0724. The molecule has 0 amide bonds. The number of aromatic nitrogens is 3. The number of nitrogens with zero attached hydrogens (tertiary/aromatic N) is 3. The van der Waals surface area contributed by atoms with E-state index >= 15 is 0 Å². The fraction of sp³-hybridized carbons (Fsp3) is 0.174. The van der Waals surface area contributed by atoms with Gasteiger partial charge in [0.05, 0.1) is 18.5 Å². The SMILES string of the molecule is Nc1c(-c2cc(Cc3ccnc(OCCc4cccc(F)c4)c3)no2)ccc[n+]1COP(=O)(O)O. The number of rotatable bonds is 10. The Kier molecular flexibility index (Phi) is 7.52. The zero-order valence-electron chi connectivity index (χ0n) is 18.5. The lowest BCUT2D eigenvalue weighted by molar-refractivity contribution is -0.711. The van der Waals surface area contributed by atoms with E-state index in [-0.39, 0.29) is 11.6 Å². The van der Waals surface area contributed by atoms with E-state index in [1.807, 2.05) is 12.1 Å². The van der Waals surface area contributed by atoms with Crippen molar-refractivity contribution in [3.63, 3.8) is 0 Å². The third-order valence-corrected chi connectivity index (χ3v) is 5.47. The molecule has 0 radical (unpaired) electrons. The van der Waals surface area contributed by atoms with Crippen LogP contribution in [0, 0.1) is 5.82 Å². The second-order valence-corrected chi connectivity index (χ2v) is 8.86. The first kappa shape index (κ1) is 24.5. The summed E-state index contributed by atoms with van der Waals surface area (Å²) in [5, 5.41) is 4.09. The molecular formula is C23H23FN4O6P+. The van der Waals surface area contributed by atoms with E-state index in [0.717, 1.165) is 11.1 Å². The minimum Gasteiger partial charge on any atom is -0.477 e. The summed E-state index contributed by atoms with van der Waals surface area (Å²) in [7, 11) is -4.64. The summed E-state index contributed by atoms with van der Waals surface area (Å²) in [4.78, 5) is 22.0. The molecule has 10 nitrogen and oxygen atoms in total. The number of phosphoric acid groups is 1. The van der Waals surface area contributed by atoms with E-state index in [0.29, 0.717) is 42.3 Å². The summed E-state index contributed by atoms with van der Waals surface area (Å²) in [6.07, 6.45) is 4.15. The maximum Gasteiger partial charge on any atom is 0.472 e. The minimum atomic E-state index is -4.64. The van der Waals surface area contributed by atoms with E-state index in [1.54, 1.807) is 36.5 Å². The maximum absolute atomic E-state index is 13.3. The van der Waals surface area contributed by atoms with Crippen LogP contribution in [0.3, 0.4) is 0 Å². The smallest absolute Gasteiger partial charge is 0.472 e. The topological polar surface area (TPSA) is 145 Å². The molecule has 12 heteroatoms. The molecular weight excluding hydrogens is 478 g/mol. The van der Waals surface area contributed by atoms with Gasteiger partial charge in [0.15, 0.2) is 5.76 Å². The second kappa shape index (κ2) is 10.7. The molecule has 0 spiro atoms. The summed E-state index contributed by atoms with van der Waals surface area (Å²) < 4.78 is 41.3. The summed E-state index contributed by atoms with van der Waals surface area (Å²) in [6, 6.07) is 15.1. The minimum absolute atomic E-state index is 0.196. The van der Waals surface area contributed by atoms with Gasteiger partial charge in [-0.15, -0.1) is 0 Å². The van der Waals surface area contributed by atoms with Crippen LogP contribution < -0.4 is 15.0 Å². The van der Waals surface area contributed by atoms with Gasteiger partial charge in [0.1, 0.15) is 11.4 Å². The molecule has 0 saturated carbocycles. The Hall–Kier alpha value is -3.63. The number of hydrogen-bond donors (Lipinski definition) is 3. The highest BCUT2D eigenvalue weighted by Crippen LogP contribution is 2.35. The Morgan fingerprint density at radius 3 is 2.77 bits per heavy atom. The Morgan fingerprint density at radius 1 is 1.11 bits per heavy atom. The second-order valence-electron chi connectivity index (χ2n) is 7.62. The molecule has 4 aromatic rings. The molecule has 0 unspecified atom stereocenters. The lowest BCUT2D eigenvalue weighted by Gasteiger charge is -2.07. The number of anilines is 1. The predicted octanol–water partition coefficient (Wildman–Crippen LogP) is 3.02. The Labute approximate surface area is 200 Å². The van der Waals surface area contributed by atoms with Crippen molar-refractivity contribution in [2.24, 2.45) is 0 Å². The molecule has 1 aromatic carbocycles. The molecule has 4 rings (SSSR count). The molecule has 0 aliphatic heterocycles. The van der Waals surface area contributed by atoms with Crippen molar-refractivity contribution in [2.45, 2.75) is 19.6 Å². The van der Waals surface area contributed by atoms with Crippen molar-refractivity contribution in [3.8, 4) is 17.2 Å². The highest BCUT2D eigenvalue weighted by atomic mass is 31.2. The fourth-order valence-electron chi connectivity index (χ4n) is 3.36. The lowest BCUT2D eigenvalue weighted by atomic mass is 10.1. The summed E-state index contributed by atoms with van der Waals surface area (Å²) in [5.74, 6) is 0.752. The van der Waals surface area contributed by atoms with Gasteiger partial charge in [0, 0.05) is 31.2 Å². The lowest BCUT2D eigenvalue weighted by Crippen LogP contribution is -2.38. The number of nitrogens with two attached hydrogens (primary N) is 1. The first-order valence-corrected chi connectivity index (χ1v) is 12.1. The first-order valence-electron chi connectivity index (χ1n) is 10.5. The number of pyridine rings is 2. The van der Waals surface area contributed by atoms with Gasteiger partial charge in [-0.1, -0.05) is 17.3 Å². The fourth-order valence-corrected chi connectivity index (χ4v) is 3.63. The van der Waals surface area contributed by atoms with Crippen molar-refractivity contribution in [2.75, 3.05) is 12.3 Å². The monoisotopic (exact) mass is 501 g/mol. The number of benzene rings is 1.